The summed E-state index contributed by atoms with van der Waals surface area (Å²) in [7, 11) is 0. The van der Waals surface area contributed by atoms with E-state index in [0.717, 1.165) is 31.0 Å². The number of benzene rings is 1. The lowest BCUT2D eigenvalue weighted by Gasteiger charge is -2.31. The summed E-state index contributed by atoms with van der Waals surface area (Å²) in [5, 5.41) is 9.31. The van der Waals surface area contributed by atoms with Gasteiger partial charge in [-0.3, -0.25) is 0 Å². The van der Waals surface area contributed by atoms with Gasteiger partial charge in [0.2, 0.25) is 0 Å². The third kappa shape index (κ3) is 3.14. The highest BCUT2D eigenvalue weighted by molar-refractivity contribution is 7.18. The van der Waals surface area contributed by atoms with Crippen LogP contribution < -0.4 is 0 Å². The molecular formula is C17H21N5S. The van der Waals surface area contributed by atoms with E-state index in [0.29, 0.717) is 5.92 Å². The molecule has 1 aromatic carbocycles. The maximum absolute atomic E-state index is 4.86. The first kappa shape index (κ1) is 14.8. The lowest BCUT2D eigenvalue weighted by atomic mass is 9.99. The number of rotatable bonds is 4. The highest BCUT2D eigenvalue weighted by Gasteiger charge is 2.23. The molecule has 1 aliphatic heterocycles. The van der Waals surface area contributed by atoms with E-state index in [1.54, 1.807) is 0 Å². The van der Waals surface area contributed by atoms with Gasteiger partial charge < -0.3 is 9.47 Å². The number of hydrogen-bond acceptors (Lipinski definition) is 5. The highest BCUT2D eigenvalue weighted by Crippen LogP contribution is 2.32. The molecule has 0 spiro atoms. The number of likely N-dealkylation sites (tertiary alicyclic amines) is 1. The standard InChI is InChI=1S/C17H21N5S/c1-13-20-18-12-22(13)10-9-21-8-4-5-14(11-21)17-19-15-6-2-3-7-16(15)23-17/h2-3,6-7,12,14H,4-5,8-11H2,1H3. The summed E-state index contributed by atoms with van der Waals surface area (Å²) >= 11 is 1.86. The third-order valence-corrected chi connectivity index (χ3v) is 5.83. The van der Waals surface area contributed by atoms with Gasteiger partial charge in [-0.05, 0) is 38.4 Å². The normalized spacial score (nSPS) is 19.4. The molecule has 0 bridgehead atoms. The van der Waals surface area contributed by atoms with E-state index in [-0.39, 0.29) is 0 Å². The molecule has 1 unspecified atom stereocenters. The molecule has 3 heterocycles. The Morgan fingerprint density at radius 2 is 2.17 bits per heavy atom. The average molecular weight is 327 g/mol. The predicted molar refractivity (Wildman–Crippen MR) is 92.8 cm³/mol. The molecule has 4 rings (SSSR count). The van der Waals surface area contributed by atoms with Crippen LogP contribution in [0.25, 0.3) is 10.2 Å². The second-order valence-electron chi connectivity index (χ2n) is 6.23. The molecule has 120 valence electrons. The molecule has 1 atom stereocenters. The van der Waals surface area contributed by atoms with Gasteiger partial charge in [-0.25, -0.2) is 4.98 Å². The smallest absolute Gasteiger partial charge is 0.129 e. The Morgan fingerprint density at radius 1 is 1.26 bits per heavy atom. The monoisotopic (exact) mass is 327 g/mol. The predicted octanol–water partition coefficient (Wildman–Crippen LogP) is 3.08. The number of nitrogens with zero attached hydrogens (tertiary/aromatic N) is 5. The minimum atomic E-state index is 0.572. The van der Waals surface area contributed by atoms with Crippen LogP contribution in [-0.4, -0.2) is 44.3 Å². The van der Waals surface area contributed by atoms with Gasteiger partial charge in [0.25, 0.3) is 0 Å². The fourth-order valence-corrected chi connectivity index (χ4v) is 4.40. The fourth-order valence-electron chi connectivity index (χ4n) is 3.31. The Morgan fingerprint density at radius 3 is 3.00 bits per heavy atom. The molecular weight excluding hydrogens is 306 g/mol. The van der Waals surface area contributed by atoms with Gasteiger partial charge in [-0.1, -0.05) is 12.1 Å². The van der Waals surface area contributed by atoms with Gasteiger partial charge in [0.1, 0.15) is 12.2 Å². The van der Waals surface area contributed by atoms with Crippen molar-refractivity contribution in [3.05, 3.63) is 41.4 Å². The summed E-state index contributed by atoms with van der Waals surface area (Å²) < 4.78 is 3.43. The Bertz CT molecular complexity index is 760. The number of aryl methyl sites for hydroxylation is 1. The Kier molecular flexibility index (Phi) is 4.10. The molecule has 0 aliphatic carbocycles. The van der Waals surface area contributed by atoms with Crippen molar-refractivity contribution in [2.75, 3.05) is 19.6 Å². The first-order valence-electron chi connectivity index (χ1n) is 8.22. The molecule has 6 heteroatoms. The molecule has 5 nitrogen and oxygen atoms in total. The molecule has 23 heavy (non-hydrogen) atoms. The van der Waals surface area contributed by atoms with E-state index in [4.69, 9.17) is 4.98 Å². The minimum absolute atomic E-state index is 0.572. The Labute approximate surface area is 140 Å². The second kappa shape index (κ2) is 6.37. The van der Waals surface area contributed by atoms with Crippen LogP contribution >= 0.6 is 11.3 Å². The van der Waals surface area contributed by atoms with Gasteiger partial charge >= 0.3 is 0 Å². The summed E-state index contributed by atoms with van der Waals surface area (Å²) in [6.07, 6.45) is 4.33. The maximum Gasteiger partial charge on any atom is 0.129 e. The van der Waals surface area contributed by atoms with Crippen LogP contribution in [-0.2, 0) is 6.54 Å². The number of aromatic nitrogens is 4. The van der Waals surface area contributed by atoms with Crippen LogP contribution in [0, 0.1) is 6.92 Å². The summed E-state index contributed by atoms with van der Waals surface area (Å²) in [6.45, 7) is 6.32. The quantitative estimate of drug-likeness (QED) is 0.739. The van der Waals surface area contributed by atoms with E-state index < -0.39 is 0 Å². The molecule has 0 amide bonds. The molecule has 1 saturated heterocycles. The Balaban J connectivity index is 1.43. The van der Waals surface area contributed by atoms with Crippen molar-refractivity contribution in [1.29, 1.82) is 0 Å². The van der Waals surface area contributed by atoms with Gasteiger partial charge in [0.05, 0.1) is 15.2 Å². The lowest BCUT2D eigenvalue weighted by Crippen LogP contribution is -2.36. The van der Waals surface area contributed by atoms with Gasteiger partial charge in [-0.2, -0.15) is 0 Å². The molecule has 1 aliphatic rings. The van der Waals surface area contributed by atoms with Crippen molar-refractivity contribution in [3.63, 3.8) is 0 Å². The molecule has 3 aromatic rings. The molecule has 2 aromatic heterocycles. The van der Waals surface area contributed by atoms with E-state index in [2.05, 4.69) is 43.9 Å². The number of fused-ring (bicyclic) bond motifs is 1. The zero-order valence-electron chi connectivity index (χ0n) is 13.4. The van der Waals surface area contributed by atoms with E-state index in [1.165, 1.54) is 29.1 Å². The first-order valence-corrected chi connectivity index (χ1v) is 9.03. The molecule has 0 saturated carbocycles. The zero-order chi connectivity index (χ0) is 15.6. The van der Waals surface area contributed by atoms with E-state index in [1.807, 2.05) is 24.6 Å². The van der Waals surface area contributed by atoms with Crippen molar-refractivity contribution < 1.29 is 0 Å². The minimum Gasteiger partial charge on any atom is -0.317 e. The van der Waals surface area contributed by atoms with Crippen LogP contribution in [0.15, 0.2) is 30.6 Å². The summed E-state index contributed by atoms with van der Waals surface area (Å²) in [6, 6.07) is 8.45. The second-order valence-corrected chi connectivity index (χ2v) is 7.29. The summed E-state index contributed by atoms with van der Waals surface area (Å²) in [5.41, 5.74) is 1.14. The van der Waals surface area contributed by atoms with Gasteiger partial charge in [0.15, 0.2) is 0 Å². The van der Waals surface area contributed by atoms with Crippen molar-refractivity contribution in [2.45, 2.75) is 32.2 Å². The lowest BCUT2D eigenvalue weighted by molar-refractivity contribution is 0.200. The first-order chi connectivity index (χ1) is 11.3. The van der Waals surface area contributed by atoms with Gasteiger partial charge in [0, 0.05) is 25.6 Å². The summed E-state index contributed by atoms with van der Waals surface area (Å²) in [4.78, 5) is 7.42. The maximum atomic E-state index is 4.86. The van der Waals surface area contributed by atoms with Crippen LogP contribution in [0.2, 0.25) is 0 Å². The topological polar surface area (TPSA) is 46.8 Å². The average Bonchev–Trinajstić information content (AvgIpc) is 3.19. The van der Waals surface area contributed by atoms with Crippen LogP contribution in [0.1, 0.15) is 29.6 Å². The van der Waals surface area contributed by atoms with Crippen molar-refractivity contribution >= 4 is 21.6 Å². The number of hydrogen-bond donors (Lipinski definition) is 0. The Hall–Kier alpha value is -1.79. The fraction of sp³-hybridized carbons (Fsp3) is 0.471. The van der Waals surface area contributed by atoms with Crippen molar-refractivity contribution in [3.8, 4) is 0 Å². The zero-order valence-corrected chi connectivity index (χ0v) is 14.2. The summed E-state index contributed by atoms with van der Waals surface area (Å²) in [5.74, 6) is 1.56. The van der Waals surface area contributed by atoms with Crippen LogP contribution in [0.4, 0.5) is 0 Å². The van der Waals surface area contributed by atoms with Crippen molar-refractivity contribution in [1.82, 2.24) is 24.6 Å². The number of para-hydroxylation sites is 1. The molecule has 1 fully saturated rings. The number of piperidine rings is 1. The number of thiazole rings is 1. The van der Waals surface area contributed by atoms with Crippen LogP contribution in [0.3, 0.4) is 0 Å². The highest BCUT2D eigenvalue weighted by atomic mass is 32.1. The van der Waals surface area contributed by atoms with E-state index in [9.17, 15) is 0 Å². The molecule has 0 radical (unpaired) electrons. The van der Waals surface area contributed by atoms with E-state index >= 15 is 0 Å². The SMILES string of the molecule is Cc1nncn1CCN1CCCC(c2nc3ccccc3s2)C1. The largest absolute Gasteiger partial charge is 0.317 e. The van der Waals surface area contributed by atoms with Gasteiger partial charge in [-0.15, -0.1) is 21.5 Å². The third-order valence-electron chi connectivity index (χ3n) is 4.63. The van der Waals surface area contributed by atoms with Crippen molar-refractivity contribution in [2.24, 2.45) is 0 Å². The van der Waals surface area contributed by atoms with Crippen LogP contribution in [0.5, 0.6) is 0 Å². The molecule has 0 N–H and O–H groups in total.